The molecule has 8 nitrogen and oxygen atoms in total. The summed E-state index contributed by atoms with van der Waals surface area (Å²) in [7, 11) is 0. The fourth-order valence-corrected chi connectivity index (χ4v) is 7.55. The van der Waals surface area contributed by atoms with Gasteiger partial charge in [0, 0.05) is 23.6 Å². The smallest absolute Gasteiger partial charge is 0.306 e. The lowest BCUT2D eigenvalue weighted by Crippen LogP contribution is -2.38. The molecule has 8 rings (SSSR count). The van der Waals surface area contributed by atoms with E-state index in [4.69, 9.17) is 33.2 Å². The minimum atomic E-state index is -0.709. The Morgan fingerprint density at radius 1 is 0.500 bits per heavy atom. The van der Waals surface area contributed by atoms with Crippen LogP contribution >= 0.6 is 0 Å². The highest BCUT2D eigenvalue weighted by Gasteiger charge is 2.44. The largest absolute Gasteiger partial charge is 0.489 e. The van der Waals surface area contributed by atoms with Crippen molar-refractivity contribution in [1.82, 2.24) is 0 Å². The average Bonchev–Trinajstić information content (AvgIpc) is 3.32. The molecule has 0 aromatic heterocycles. The molecule has 0 aliphatic carbocycles. The molecular weight excluding hydrogens is 777 g/mol. The Morgan fingerprint density at radius 3 is 1.48 bits per heavy atom. The monoisotopic (exact) mass is 826 g/mol. The van der Waals surface area contributed by atoms with E-state index >= 15 is 0 Å². The predicted octanol–water partition coefficient (Wildman–Crippen LogP) is 11.8. The number of benzene rings is 7. The Bertz CT molecular complexity index is 2460. The SMILES string of the molecule is CCOC(=O)CC1c2c(OCc3ccccc3)cc(OCc3ccccc3)cc2O[C@H](c2ccc(OCc3ccccc3)c(OCc3ccccc3)c2)C1OCc1ccccc1. The zero-order valence-corrected chi connectivity index (χ0v) is 34.8. The van der Waals surface area contributed by atoms with Crippen molar-refractivity contribution in [2.24, 2.45) is 0 Å². The molecular formula is C54H50O8. The molecule has 7 aromatic carbocycles. The summed E-state index contributed by atoms with van der Waals surface area (Å²) in [5, 5.41) is 0. The van der Waals surface area contributed by atoms with Gasteiger partial charge in [0.25, 0.3) is 0 Å². The first kappa shape index (κ1) is 41.7. The van der Waals surface area contributed by atoms with Crippen LogP contribution in [-0.2, 0) is 47.3 Å². The number of hydrogen-bond acceptors (Lipinski definition) is 8. The zero-order valence-electron chi connectivity index (χ0n) is 34.8. The number of fused-ring (bicyclic) bond motifs is 1. The third-order valence-electron chi connectivity index (χ3n) is 10.6. The van der Waals surface area contributed by atoms with Crippen LogP contribution in [0.3, 0.4) is 0 Å². The van der Waals surface area contributed by atoms with Gasteiger partial charge in [-0.05, 0) is 52.4 Å². The van der Waals surface area contributed by atoms with Crippen LogP contribution in [0.5, 0.6) is 28.7 Å². The van der Waals surface area contributed by atoms with E-state index in [1.807, 2.05) is 189 Å². The minimum absolute atomic E-state index is 0.0156. The van der Waals surface area contributed by atoms with E-state index in [0.717, 1.165) is 33.4 Å². The molecule has 7 aromatic rings. The summed E-state index contributed by atoms with van der Waals surface area (Å²) < 4.78 is 45.8. The second-order valence-corrected chi connectivity index (χ2v) is 15.1. The van der Waals surface area contributed by atoms with Gasteiger partial charge in [0.2, 0.25) is 0 Å². The summed E-state index contributed by atoms with van der Waals surface area (Å²) in [6.45, 7) is 3.63. The van der Waals surface area contributed by atoms with E-state index in [1.54, 1.807) is 0 Å². The van der Waals surface area contributed by atoms with Crippen molar-refractivity contribution in [3.8, 4) is 28.7 Å². The minimum Gasteiger partial charge on any atom is -0.489 e. The lowest BCUT2D eigenvalue weighted by Gasteiger charge is -2.40. The quantitative estimate of drug-likeness (QED) is 0.0746. The van der Waals surface area contributed by atoms with Crippen molar-refractivity contribution in [1.29, 1.82) is 0 Å². The molecule has 3 atom stereocenters. The maximum atomic E-state index is 13.7. The molecule has 0 amide bonds. The van der Waals surface area contributed by atoms with Crippen molar-refractivity contribution in [3.63, 3.8) is 0 Å². The van der Waals surface area contributed by atoms with Crippen LogP contribution in [0.4, 0.5) is 0 Å². The van der Waals surface area contributed by atoms with Gasteiger partial charge in [-0.3, -0.25) is 4.79 Å². The lowest BCUT2D eigenvalue weighted by molar-refractivity contribution is -0.146. The molecule has 0 spiro atoms. The van der Waals surface area contributed by atoms with Crippen molar-refractivity contribution >= 4 is 5.97 Å². The molecule has 2 unspecified atom stereocenters. The fraction of sp³-hybridized carbons (Fsp3) is 0.204. The van der Waals surface area contributed by atoms with Crippen LogP contribution in [0.15, 0.2) is 182 Å². The number of carbonyl (C=O) groups is 1. The van der Waals surface area contributed by atoms with Crippen LogP contribution in [0.1, 0.15) is 64.3 Å². The Hall–Kier alpha value is -7.03. The first-order chi connectivity index (χ1) is 30.6. The Labute approximate surface area is 363 Å². The number of carbonyl (C=O) groups excluding carboxylic acids is 1. The molecule has 0 N–H and O–H groups in total. The molecule has 0 fully saturated rings. The van der Waals surface area contributed by atoms with E-state index < -0.39 is 18.1 Å². The maximum absolute atomic E-state index is 13.7. The van der Waals surface area contributed by atoms with Gasteiger partial charge in [-0.2, -0.15) is 0 Å². The van der Waals surface area contributed by atoms with Crippen molar-refractivity contribution in [2.75, 3.05) is 6.61 Å². The highest BCUT2D eigenvalue weighted by atomic mass is 16.6. The van der Waals surface area contributed by atoms with Crippen LogP contribution in [0.25, 0.3) is 0 Å². The topological polar surface area (TPSA) is 81.7 Å². The highest BCUT2D eigenvalue weighted by Crippen LogP contribution is 2.52. The Morgan fingerprint density at radius 2 is 0.968 bits per heavy atom. The summed E-state index contributed by atoms with van der Waals surface area (Å²) in [5.74, 6) is 1.84. The summed E-state index contributed by atoms with van der Waals surface area (Å²) in [6.07, 6.45) is -1.37. The maximum Gasteiger partial charge on any atom is 0.306 e. The lowest BCUT2D eigenvalue weighted by atomic mass is 9.81. The summed E-state index contributed by atoms with van der Waals surface area (Å²) in [4.78, 5) is 13.7. The van der Waals surface area contributed by atoms with Crippen molar-refractivity contribution in [2.45, 2.75) is 64.5 Å². The van der Waals surface area contributed by atoms with E-state index in [9.17, 15) is 4.79 Å². The number of rotatable bonds is 19. The van der Waals surface area contributed by atoms with Gasteiger partial charge in [-0.1, -0.05) is 158 Å². The first-order valence-electron chi connectivity index (χ1n) is 21.1. The van der Waals surface area contributed by atoms with E-state index in [2.05, 4.69) is 0 Å². The van der Waals surface area contributed by atoms with E-state index in [0.29, 0.717) is 54.1 Å². The average molecular weight is 827 g/mol. The van der Waals surface area contributed by atoms with Crippen molar-refractivity contribution < 1.29 is 38.0 Å². The van der Waals surface area contributed by atoms with Crippen LogP contribution in [0.2, 0.25) is 0 Å². The second-order valence-electron chi connectivity index (χ2n) is 15.1. The Kier molecular flexibility index (Phi) is 14.1. The van der Waals surface area contributed by atoms with Gasteiger partial charge in [-0.25, -0.2) is 0 Å². The second kappa shape index (κ2) is 21.0. The first-order valence-corrected chi connectivity index (χ1v) is 21.1. The number of esters is 1. The van der Waals surface area contributed by atoms with Crippen LogP contribution in [0, 0.1) is 0 Å². The van der Waals surface area contributed by atoms with Gasteiger partial charge < -0.3 is 33.2 Å². The summed E-state index contributed by atoms with van der Waals surface area (Å²) >= 11 is 0. The Balaban J connectivity index is 1.22. The molecule has 8 heteroatoms. The van der Waals surface area contributed by atoms with Crippen molar-refractivity contribution in [3.05, 3.63) is 221 Å². The molecule has 1 heterocycles. The molecule has 0 saturated heterocycles. The third kappa shape index (κ3) is 11.0. The van der Waals surface area contributed by atoms with Crippen LogP contribution < -0.4 is 23.7 Å². The standard InChI is InChI=1S/C54H50O8/c1-2-56-51(55)33-46-52-49(60-37-42-24-14-6-15-25-42)31-45(57-34-39-18-8-3-9-19-39)32-50(52)62-53(54(46)61-38-43-26-16-7-17-27-43)44-28-29-47(58-35-40-20-10-4-11-21-40)48(30-44)59-36-41-22-12-5-13-23-41/h3-32,46,53-54H,2,33-38H2,1H3/t46?,53-,54?/m1/s1. The normalized spacial score (nSPS) is 15.4. The van der Waals surface area contributed by atoms with Gasteiger partial charge >= 0.3 is 5.97 Å². The predicted molar refractivity (Wildman–Crippen MR) is 238 cm³/mol. The van der Waals surface area contributed by atoms with Gasteiger partial charge in [0.15, 0.2) is 17.6 Å². The molecule has 62 heavy (non-hydrogen) atoms. The van der Waals surface area contributed by atoms with Crippen LogP contribution in [-0.4, -0.2) is 18.7 Å². The van der Waals surface area contributed by atoms with Gasteiger partial charge in [-0.15, -0.1) is 0 Å². The zero-order chi connectivity index (χ0) is 42.4. The highest BCUT2D eigenvalue weighted by molar-refractivity contribution is 5.72. The molecule has 0 saturated carbocycles. The molecule has 0 bridgehead atoms. The molecule has 314 valence electrons. The molecule has 0 radical (unpaired) electrons. The summed E-state index contributed by atoms with van der Waals surface area (Å²) in [6, 6.07) is 59.6. The number of hydrogen-bond donors (Lipinski definition) is 0. The fourth-order valence-electron chi connectivity index (χ4n) is 7.55. The third-order valence-corrected chi connectivity index (χ3v) is 10.6. The molecule has 1 aliphatic heterocycles. The van der Waals surface area contributed by atoms with E-state index in [1.165, 1.54) is 0 Å². The molecule has 1 aliphatic rings. The van der Waals surface area contributed by atoms with Gasteiger partial charge in [0.1, 0.15) is 49.8 Å². The van der Waals surface area contributed by atoms with Gasteiger partial charge in [0.05, 0.1) is 19.6 Å². The number of ether oxygens (including phenoxy) is 7. The summed E-state index contributed by atoms with van der Waals surface area (Å²) in [5.41, 5.74) is 6.52. The van der Waals surface area contributed by atoms with E-state index in [-0.39, 0.29) is 32.2 Å².